The van der Waals surface area contributed by atoms with Gasteiger partial charge in [-0.05, 0) is 24.6 Å². The zero-order chi connectivity index (χ0) is 18.4. The molecule has 0 spiro atoms. The number of alkyl halides is 3. The second-order valence-electron chi connectivity index (χ2n) is 5.95. The fourth-order valence-electron chi connectivity index (χ4n) is 2.45. The van der Waals surface area contributed by atoms with Crippen molar-refractivity contribution < 1.29 is 17.9 Å². The van der Waals surface area contributed by atoms with Gasteiger partial charge in [-0.2, -0.15) is 13.2 Å². The van der Waals surface area contributed by atoms with E-state index in [0.29, 0.717) is 38.5 Å². The molecule has 1 aromatic carbocycles. The second kappa shape index (κ2) is 8.24. The van der Waals surface area contributed by atoms with Crippen LogP contribution in [0.1, 0.15) is 18.1 Å². The summed E-state index contributed by atoms with van der Waals surface area (Å²) in [6, 6.07) is 4.32. The fourth-order valence-corrected chi connectivity index (χ4v) is 2.45. The van der Waals surface area contributed by atoms with Gasteiger partial charge in [0.05, 0.1) is 25.3 Å². The molecular formula is C17H23F3N4O. The Balaban J connectivity index is 2.19. The van der Waals surface area contributed by atoms with E-state index in [1.165, 1.54) is 12.1 Å². The van der Waals surface area contributed by atoms with E-state index in [4.69, 9.17) is 10.5 Å². The number of halogens is 3. The second-order valence-corrected chi connectivity index (χ2v) is 5.95. The molecule has 0 radical (unpaired) electrons. The van der Waals surface area contributed by atoms with Crippen molar-refractivity contribution in [3.8, 4) is 0 Å². The Kier molecular flexibility index (Phi) is 6.30. The molecule has 1 saturated heterocycles. The van der Waals surface area contributed by atoms with Crippen molar-refractivity contribution in [1.29, 1.82) is 0 Å². The Morgan fingerprint density at radius 1 is 1.36 bits per heavy atom. The first-order chi connectivity index (χ1) is 11.8. The molecule has 0 bridgehead atoms. The van der Waals surface area contributed by atoms with E-state index >= 15 is 0 Å². The normalized spacial score (nSPS) is 16.0. The molecule has 138 valence electrons. The molecule has 1 fully saturated rings. The molecule has 0 amide bonds. The monoisotopic (exact) mass is 356 g/mol. The molecule has 0 saturated carbocycles. The van der Waals surface area contributed by atoms with Crippen LogP contribution >= 0.6 is 0 Å². The van der Waals surface area contributed by atoms with Gasteiger partial charge in [0.1, 0.15) is 0 Å². The number of aliphatic imine (C=N–C) groups is 1. The van der Waals surface area contributed by atoms with Crippen LogP contribution in [0.2, 0.25) is 0 Å². The van der Waals surface area contributed by atoms with Crippen molar-refractivity contribution in [2.45, 2.75) is 19.6 Å². The topological polar surface area (TPSA) is 62.9 Å². The Labute approximate surface area is 145 Å². The first-order valence-corrected chi connectivity index (χ1v) is 7.98. The van der Waals surface area contributed by atoms with Crippen molar-refractivity contribution >= 4 is 11.6 Å². The summed E-state index contributed by atoms with van der Waals surface area (Å²) in [5.41, 5.74) is 6.46. The van der Waals surface area contributed by atoms with Crippen LogP contribution in [0.5, 0.6) is 0 Å². The lowest BCUT2D eigenvalue weighted by Gasteiger charge is -2.29. The highest BCUT2D eigenvalue weighted by atomic mass is 19.4. The van der Waals surface area contributed by atoms with Crippen molar-refractivity contribution in [2.75, 3.05) is 37.7 Å². The third-order valence-electron chi connectivity index (χ3n) is 3.77. The van der Waals surface area contributed by atoms with Gasteiger partial charge in [0.25, 0.3) is 0 Å². The fraction of sp³-hybridized carbons (Fsp3) is 0.471. The number of ether oxygens (including phenoxy) is 1. The lowest BCUT2D eigenvalue weighted by molar-refractivity contribution is -0.138. The van der Waals surface area contributed by atoms with E-state index in [-0.39, 0.29) is 18.1 Å². The van der Waals surface area contributed by atoms with E-state index in [0.717, 1.165) is 5.57 Å². The minimum atomic E-state index is -4.45. The first-order valence-electron chi connectivity index (χ1n) is 7.98. The van der Waals surface area contributed by atoms with Crippen molar-refractivity contribution in [1.82, 2.24) is 5.32 Å². The Bertz CT molecular complexity index is 637. The molecule has 1 heterocycles. The van der Waals surface area contributed by atoms with Crippen LogP contribution < -0.4 is 16.0 Å². The highest BCUT2D eigenvalue weighted by Crippen LogP contribution is 2.35. The summed E-state index contributed by atoms with van der Waals surface area (Å²) in [7, 11) is 0. The number of nitrogens with zero attached hydrogens (tertiary/aromatic N) is 2. The van der Waals surface area contributed by atoms with E-state index in [9.17, 15) is 13.2 Å². The van der Waals surface area contributed by atoms with E-state index in [2.05, 4.69) is 16.9 Å². The van der Waals surface area contributed by atoms with Gasteiger partial charge in [-0.1, -0.05) is 18.2 Å². The van der Waals surface area contributed by atoms with E-state index < -0.39 is 11.7 Å². The summed E-state index contributed by atoms with van der Waals surface area (Å²) in [4.78, 5) is 5.87. The summed E-state index contributed by atoms with van der Waals surface area (Å²) in [6.07, 6.45) is -4.45. The third-order valence-corrected chi connectivity index (χ3v) is 3.77. The molecule has 8 heteroatoms. The third kappa shape index (κ3) is 5.67. The number of hydrogen-bond acceptors (Lipinski definition) is 3. The predicted molar refractivity (Wildman–Crippen MR) is 92.6 cm³/mol. The first kappa shape index (κ1) is 19.1. The highest BCUT2D eigenvalue weighted by molar-refractivity contribution is 5.78. The molecule has 5 nitrogen and oxygen atoms in total. The Hall–Kier alpha value is -2.22. The van der Waals surface area contributed by atoms with Gasteiger partial charge < -0.3 is 20.7 Å². The molecule has 1 aliphatic heterocycles. The number of guanidine groups is 1. The minimum absolute atomic E-state index is 0.0876. The van der Waals surface area contributed by atoms with E-state index in [1.54, 1.807) is 6.07 Å². The molecule has 1 aromatic rings. The van der Waals surface area contributed by atoms with Crippen LogP contribution in [-0.4, -0.2) is 38.8 Å². The van der Waals surface area contributed by atoms with Crippen LogP contribution in [0.15, 0.2) is 35.3 Å². The summed E-state index contributed by atoms with van der Waals surface area (Å²) >= 11 is 0. The lowest BCUT2D eigenvalue weighted by atomic mass is 10.1. The molecule has 0 aromatic heterocycles. The maximum Gasteiger partial charge on any atom is 0.416 e. The van der Waals surface area contributed by atoms with Crippen molar-refractivity contribution in [3.05, 3.63) is 41.5 Å². The zero-order valence-electron chi connectivity index (χ0n) is 14.2. The molecule has 2 rings (SSSR count). The maximum absolute atomic E-state index is 13.4. The number of rotatable bonds is 5. The van der Waals surface area contributed by atoms with Crippen molar-refractivity contribution in [2.24, 2.45) is 10.7 Å². The largest absolute Gasteiger partial charge is 0.416 e. The van der Waals surface area contributed by atoms with E-state index in [1.807, 2.05) is 11.8 Å². The number of anilines is 1. The van der Waals surface area contributed by atoms with Crippen LogP contribution in [0, 0.1) is 0 Å². The molecule has 0 atom stereocenters. The van der Waals surface area contributed by atoms with Crippen LogP contribution in [0.3, 0.4) is 0 Å². The summed E-state index contributed by atoms with van der Waals surface area (Å²) < 4.78 is 45.5. The number of benzene rings is 1. The van der Waals surface area contributed by atoms with Crippen LogP contribution in [0.4, 0.5) is 18.9 Å². The van der Waals surface area contributed by atoms with Crippen molar-refractivity contribution in [3.63, 3.8) is 0 Å². The summed E-state index contributed by atoms with van der Waals surface area (Å²) in [5.74, 6) is 0.0911. The van der Waals surface area contributed by atoms with Gasteiger partial charge in [-0.25, -0.2) is 4.99 Å². The number of hydrogen-bond donors (Lipinski definition) is 2. The molecule has 25 heavy (non-hydrogen) atoms. The standard InChI is InChI=1S/C17H23F3N4O/c1-12(2)10-22-16(21)23-11-13-3-4-14(9-15(13)17(18,19)20)24-5-7-25-8-6-24/h3-4,9H,1,5-8,10-11H2,2H3,(H3,21,22,23). The molecular weight excluding hydrogens is 333 g/mol. The van der Waals surface area contributed by atoms with Gasteiger partial charge in [0.2, 0.25) is 0 Å². The van der Waals surface area contributed by atoms with Gasteiger partial charge in [0.15, 0.2) is 5.96 Å². The predicted octanol–water partition coefficient (Wildman–Crippen LogP) is 2.52. The number of nitrogens with two attached hydrogens (primary N) is 1. The molecule has 3 N–H and O–H groups in total. The molecule has 0 unspecified atom stereocenters. The van der Waals surface area contributed by atoms with Crippen LogP contribution in [-0.2, 0) is 17.5 Å². The zero-order valence-corrected chi connectivity index (χ0v) is 14.2. The maximum atomic E-state index is 13.4. The van der Waals surface area contributed by atoms with Gasteiger partial charge in [-0.15, -0.1) is 0 Å². The van der Waals surface area contributed by atoms with Gasteiger partial charge in [0, 0.05) is 25.3 Å². The minimum Gasteiger partial charge on any atom is -0.378 e. The Morgan fingerprint density at radius 2 is 2.04 bits per heavy atom. The lowest BCUT2D eigenvalue weighted by Crippen LogP contribution is -2.36. The molecule has 0 aliphatic carbocycles. The summed E-state index contributed by atoms with van der Waals surface area (Å²) in [5, 5.41) is 2.80. The number of nitrogens with one attached hydrogen (secondary N) is 1. The van der Waals surface area contributed by atoms with Gasteiger partial charge >= 0.3 is 6.18 Å². The SMILES string of the molecule is C=C(C)CNC(N)=NCc1ccc(N2CCOCC2)cc1C(F)(F)F. The highest BCUT2D eigenvalue weighted by Gasteiger charge is 2.34. The smallest absolute Gasteiger partial charge is 0.378 e. The average molecular weight is 356 g/mol. The average Bonchev–Trinajstić information content (AvgIpc) is 2.58. The number of morpholine rings is 1. The quantitative estimate of drug-likeness (QED) is 0.483. The summed E-state index contributed by atoms with van der Waals surface area (Å²) in [6.45, 7) is 7.98. The van der Waals surface area contributed by atoms with Crippen LogP contribution in [0.25, 0.3) is 0 Å². The molecule has 1 aliphatic rings. The Morgan fingerprint density at radius 3 is 2.64 bits per heavy atom. The van der Waals surface area contributed by atoms with Gasteiger partial charge in [-0.3, -0.25) is 0 Å².